The molecule has 1 aromatic rings. The summed E-state index contributed by atoms with van der Waals surface area (Å²) >= 11 is 0. The van der Waals surface area contributed by atoms with Gasteiger partial charge in [0.2, 0.25) is 0 Å². The first-order chi connectivity index (χ1) is 7.79. The molecule has 90 valence electrons. The summed E-state index contributed by atoms with van der Waals surface area (Å²) in [7, 11) is 0. The molecule has 1 saturated heterocycles. The monoisotopic (exact) mass is 223 g/mol. The normalized spacial score (nSPS) is 27.1. The summed E-state index contributed by atoms with van der Waals surface area (Å²) in [4.78, 5) is 2.48. The summed E-state index contributed by atoms with van der Waals surface area (Å²) in [5.74, 6) is 0. The molecule has 0 aromatic carbocycles. The fourth-order valence-corrected chi connectivity index (χ4v) is 2.46. The van der Waals surface area contributed by atoms with Gasteiger partial charge in [-0.3, -0.25) is 4.90 Å². The quantitative estimate of drug-likeness (QED) is 0.842. The van der Waals surface area contributed by atoms with Crippen LogP contribution in [0.1, 0.15) is 32.4 Å². The van der Waals surface area contributed by atoms with Crippen LogP contribution in [0.4, 0.5) is 0 Å². The number of hydrogen-bond acceptors (Lipinski definition) is 4. The van der Waals surface area contributed by atoms with E-state index in [0.29, 0.717) is 12.1 Å². The van der Waals surface area contributed by atoms with Crippen molar-refractivity contribution in [1.82, 2.24) is 15.4 Å². The third-order valence-corrected chi connectivity index (χ3v) is 3.36. The number of likely N-dealkylation sites (tertiary alicyclic amines) is 1. The van der Waals surface area contributed by atoms with Crippen molar-refractivity contribution in [3.05, 3.63) is 18.0 Å². The molecule has 2 unspecified atom stereocenters. The summed E-state index contributed by atoms with van der Waals surface area (Å²) in [6, 6.07) is 3.26. The summed E-state index contributed by atoms with van der Waals surface area (Å²) in [6.07, 6.45) is 4.10. The average molecular weight is 223 g/mol. The number of hydrogen-bond donors (Lipinski definition) is 1. The molecule has 0 saturated carbocycles. The Morgan fingerprint density at radius 3 is 3.12 bits per heavy atom. The zero-order chi connectivity index (χ0) is 11.4. The Kier molecular flexibility index (Phi) is 3.96. The molecule has 1 fully saturated rings. The minimum atomic E-state index is 0.620. The van der Waals surface area contributed by atoms with Gasteiger partial charge in [-0.25, -0.2) is 0 Å². The van der Waals surface area contributed by atoms with Gasteiger partial charge in [0, 0.05) is 31.2 Å². The molecule has 4 nitrogen and oxygen atoms in total. The molecule has 16 heavy (non-hydrogen) atoms. The lowest BCUT2D eigenvalue weighted by atomic mass is 9.98. The number of piperidine rings is 1. The van der Waals surface area contributed by atoms with Crippen molar-refractivity contribution in [3.63, 3.8) is 0 Å². The van der Waals surface area contributed by atoms with Crippen LogP contribution >= 0.6 is 0 Å². The maximum atomic E-state index is 4.86. The van der Waals surface area contributed by atoms with Gasteiger partial charge in [0.15, 0.2) is 0 Å². The number of nitrogens with one attached hydrogen (secondary N) is 1. The van der Waals surface area contributed by atoms with Crippen LogP contribution in [-0.2, 0) is 6.54 Å². The number of aromatic nitrogens is 1. The maximum absolute atomic E-state index is 4.86. The van der Waals surface area contributed by atoms with E-state index < -0.39 is 0 Å². The van der Waals surface area contributed by atoms with Crippen molar-refractivity contribution >= 4 is 0 Å². The highest BCUT2D eigenvalue weighted by Crippen LogP contribution is 2.19. The minimum absolute atomic E-state index is 0.620. The van der Waals surface area contributed by atoms with Gasteiger partial charge in [0.05, 0.1) is 5.69 Å². The Morgan fingerprint density at radius 2 is 2.50 bits per heavy atom. The average Bonchev–Trinajstić information content (AvgIpc) is 2.75. The third-order valence-electron chi connectivity index (χ3n) is 3.36. The van der Waals surface area contributed by atoms with Crippen LogP contribution in [0.15, 0.2) is 16.9 Å². The molecule has 2 atom stereocenters. The Balaban J connectivity index is 1.84. The maximum Gasteiger partial charge on any atom is 0.124 e. The first-order valence-electron chi connectivity index (χ1n) is 6.16. The summed E-state index contributed by atoms with van der Waals surface area (Å²) < 4.78 is 4.86. The van der Waals surface area contributed by atoms with Gasteiger partial charge in [-0.05, 0) is 26.3 Å². The second-order valence-corrected chi connectivity index (χ2v) is 4.59. The molecule has 2 rings (SSSR count). The van der Waals surface area contributed by atoms with E-state index in [1.54, 1.807) is 6.26 Å². The Hall–Kier alpha value is -0.870. The highest BCUT2D eigenvalue weighted by molar-refractivity contribution is 4.96. The van der Waals surface area contributed by atoms with E-state index in [4.69, 9.17) is 4.52 Å². The van der Waals surface area contributed by atoms with E-state index >= 15 is 0 Å². The van der Waals surface area contributed by atoms with Crippen LogP contribution in [0.5, 0.6) is 0 Å². The standard InChI is InChI=1S/C12H21N3O/c1-3-13-11-4-6-15(10(2)8-11)9-12-5-7-16-14-12/h5,7,10-11,13H,3-4,6,8-9H2,1-2H3. The highest BCUT2D eigenvalue weighted by atomic mass is 16.5. The summed E-state index contributed by atoms with van der Waals surface area (Å²) in [6.45, 7) is 7.60. The zero-order valence-electron chi connectivity index (χ0n) is 10.1. The molecule has 0 aliphatic carbocycles. The molecule has 4 heteroatoms. The highest BCUT2D eigenvalue weighted by Gasteiger charge is 2.25. The molecule has 1 aliphatic heterocycles. The molecule has 1 N–H and O–H groups in total. The van der Waals surface area contributed by atoms with Crippen molar-refractivity contribution < 1.29 is 4.52 Å². The van der Waals surface area contributed by atoms with Crippen molar-refractivity contribution in [1.29, 1.82) is 0 Å². The summed E-state index contributed by atoms with van der Waals surface area (Å²) in [5.41, 5.74) is 1.04. The van der Waals surface area contributed by atoms with Gasteiger partial charge in [0.1, 0.15) is 6.26 Å². The number of rotatable bonds is 4. The largest absolute Gasteiger partial charge is 0.364 e. The smallest absolute Gasteiger partial charge is 0.124 e. The molecule has 2 heterocycles. The molecular weight excluding hydrogens is 202 g/mol. The van der Waals surface area contributed by atoms with E-state index in [9.17, 15) is 0 Å². The van der Waals surface area contributed by atoms with Crippen LogP contribution in [0, 0.1) is 0 Å². The molecule has 0 amide bonds. The van der Waals surface area contributed by atoms with Gasteiger partial charge >= 0.3 is 0 Å². The van der Waals surface area contributed by atoms with Crippen molar-refractivity contribution in [2.75, 3.05) is 13.1 Å². The second-order valence-electron chi connectivity index (χ2n) is 4.59. The van der Waals surface area contributed by atoms with Crippen LogP contribution < -0.4 is 5.32 Å². The third kappa shape index (κ3) is 2.83. The first kappa shape index (κ1) is 11.6. The van der Waals surface area contributed by atoms with Gasteiger partial charge < -0.3 is 9.84 Å². The lowest BCUT2D eigenvalue weighted by molar-refractivity contribution is 0.126. The van der Waals surface area contributed by atoms with Crippen LogP contribution in [0.25, 0.3) is 0 Å². The SMILES string of the molecule is CCNC1CCN(Cc2ccon2)C(C)C1. The van der Waals surface area contributed by atoms with Gasteiger partial charge in [-0.2, -0.15) is 0 Å². The minimum Gasteiger partial charge on any atom is -0.364 e. The zero-order valence-corrected chi connectivity index (χ0v) is 10.1. The van der Waals surface area contributed by atoms with E-state index in [0.717, 1.165) is 25.3 Å². The Morgan fingerprint density at radius 1 is 1.62 bits per heavy atom. The lowest BCUT2D eigenvalue weighted by Gasteiger charge is -2.37. The topological polar surface area (TPSA) is 41.3 Å². The van der Waals surface area contributed by atoms with E-state index in [1.807, 2.05) is 6.07 Å². The molecule has 0 radical (unpaired) electrons. The molecular formula is C12H21N3O. The van der Waals surface area contributed by atoms with E-state index in [-0.39, 0.29) is 0 Å². The number of nitrogens with zero attached hydrogens (tertiary/aromatic N) is 2. The predicted molar refractivity (Wildman–Crippen MR) is 63.1 cm³/mol. The van der Waals surface area contributed by atoms with Crippen molar-refractivity contribution in [2.45, 2.75) is 45.3 Å². The summed E-state index contributed by atoms with van der Waals surface area (Å²) in [5, 5.41) is 7.50. The fourth-order valence-electron chi connectivity index (χ4n) is 2.46. The van der Waals surface area contributed by atoms with Gasteiger partial charge in [-0.1, -0.05) is 12.1 Å². The second kappa shape index (κ2) is 5.46. The van der Waals surface area contributed by atoms with Gasteiger partial charge in [-0.15, -0.1) is 0 Å². The molecule has 1 aliphatic rings. The van der Waals surface area contributed by atoms with Crippen molar-refractivity contribution in [2.24, 2.45) is 0 Å². The lowest BCUT2D eigenvalue weighted by Crippen LogP contribution is -2.46. The van der Waals surface area contributed by atoms with Gasteiger partial charge in [0.25, 0.3) is 0 Å². The van der Waals surface area contributed by atoms with Crippen LogP contribution in [0.3, 0.4) is 0 Å². The van der Waals surface area contributed by atoms with E-state index in [1.165, 1.54) is 12.8 Å². The first-order valence-corrected chi connectivity index (χ1v) is 6.16. The Bertz CT molecular complexity index is 299. The Labute approximate surface area is 97.0 Å². The molecule has 0 spiro atoms. The molecule has 1 aromatic heterocycles. The fraction of sp³-hybridized carbons (Fsp3) is 0.750. The van der Waals surface area contributed by atoms with E-state index in [2.05, 4.69) is 29.2 Å². The van der Waals surface area contributed by atoms with Crippen LogP contribution in [0.2, 0.25) is 0 Å². The van der Waals surface area contributed by atoms with Crippen LogP contribution in [-0.4, -0.2) is 35.2 Å². The molecule has 0 bridgehead atoms. The predicted octanol–water partition coefficient (Wildman–Crippen LogP) is 1.64. The van der Waals surface area contributed by atoms with Crippen molar-refractivity contribution in [3.8, 4) is 0 Å².